The van der Waals surface area contributed by atoms with Gasteiger partial charge in [-0.25, -0.2) is 4.98 Å². The molecule has 0 radical (unpaired) electrons. The Labute approximate surface area is 105 Å². The molecular weight excluding hydrogens is 284 g/mol. The summed E-state index contributed by atoms with van der Waals surface area (Å²) < 4.78 is 7.65. The van der Waals surface area contributed by atoms with Crippen LogP contribution in [0.2, 0.25) is 0 Å². The average Bonchev–Trinajstić information content (AvgIpc) is 2.83. The summed E-state index contributed by atoms with van der Waals surface area (Å²) in [6.45, 7) is 1.97. The fourth-order valence-electron chi connectivity index (χ4n) is 1.69. The number of anilines is 1. The maximum Gasteiger partial charge on any atom is 0.218 e. The monoisotopic (exact) mass is 292 g/mol. The quantitative estimate of drug-likeness (QED) is 0.749. The number of fused-ring (bicyclic) bond motifs is 1. The van der Waals surface area contributed by atoms with Crippen LogP contribution in [0.15, 0.2) is 33.4 Å². The maximum absolute atomic E-state index is 5.87. The van der Waals surface area contributed by atoms with Crippen LogP contribution in [0.5, 0.6) is 0 Å². The lowest BCUT2D eigenvalue weighted by molar-refractivity contribution is 0.551. The number of nitrogens with two attached hydrogens (primary N) is 1. The van der Waals surface area contributed by atoms with Crippen molar-refractivity contribution in [1.29, 1.82) is 0 Å². The summed E-state index contributed by atoms with van der Waals surface area (Å²) in [5.41, 5.74) is 7.64. The van der Waals surface area contributed by atoms with Crippen LogP contribution in [0.25, 0.3) is 17.2 Å². The molecule has 0 aliphatic rings. The van der Waals surface area contributed by atoms with Crippen molar-refractivity contribution in [2.45, 2.75) is 6.92 Å². The van der Waals surface area contributed by atoms with E-state index in [2.05, 4.69) is 26.0 Å². The lowest BCUT2D eigenvalue weighted by Crippen LogP contribution is -1.98. The second-order valence-corrected chi connectivity index (χ2v) is 4.55. The molecule has 0 aromatic carbocycles. The minimum Gasteiger partial charge on any atom is -0.446 e. The van der Waals surface area contributed by atoms with Crippen molar-refractivity contribution < 1.29 is 4.42 Å². The van der Waals surface area contributed by atoms with Gasteiger partial charge in [0.15, 0.2) is 16.1 Å². The van der Waals surface area contributed by atoms with Gasteiger partial charge >= 0.3 is 0 Å². The third-order valence-electron chi connectivity index (χ3n) is 2.40. The van der Waals surface area contributed by atoms with E-state index in [1.54, 1.807) is 10.6 Å². The van der Waals surface area contributed by atoms with E-state index in [1.807, 2.05) is 25.1 Å². The molecule has 3 rings (SSSR count). The highest BCUT2D eigenvalue weighted by molar-refractivity contribution is 9.10. The lowest BCUT2D eigenvalue weighted by atomic mass is 10.3. The molecule has 3 heterocycles. The minimum atomic E-state index is 0.521. The van der Waals surface area contributed by atoms with Gasteiger partial charge in [0.2, 0.25) is 5.82 Å². The first-order valence-corrected chi connectivity index (χ1v) is 5.81. The largest absolute Gasteiger partial charge is 0.446 e. The van der Waals surface area contributed by atoms with Crippen molar-refractivity contribution in [2.75, 3.05) is 5.73 Å². The number of aromatic nitrogens is 3. The molecule has 86 valence electrons. The standard InChI is InChI=1S/C11H9BrN4O/c1-6-4-9(13)16-10(5-6)14-11(15-16)7-2-3-8(12)17-7/h2-5H,13H2,1H3. The molecule has 0 bridgehead atoms. The number of nitrogen functional groups attached to an aromatic ring is 1. The highest BCUT2D eigenvalue weighted by Gasteiger charge is 2.11. The fraction of sp³-hybridized carbons (Fsp3) is 0.0909. The number of pyridine rings is 1. The number of furan rings is 1. The number of rotatable bonds is 1. The molecule has 0 aliphatic heterocycles. The van der Waals surface area contributed by atoms with Crippen molar-refractivity contribution in [3.05, 3.63) is 34.5 Å². The molecule has 17 heavy (non-hydrogen) atoms. The Hall–Kier alpha value is -1.82. The maximum atomic E-state index is 5.87. The fourth-order valence-corrected chi connectivity index (χ4v) is 1.99. The topological polar surface area (TPSA) is 69.3 Å². The summed E-state index contributed by atoms with van der Waals surface area (Å²) in [7, 11) is 0. The van der Waals surface area contributed by atoms with Gasteiger partial charge in [0, 0.05) is 0 Å². The molecule has 0 fully saturated rings. The van der Waals surface area contributed by atoms with E-state index in [0.29, 0.717) is 27.7 Å². The summed E-state index contributed by atoms with van der Waals surface area (Å²) in [5.74, 6) is 1.69. The number of hydrogen-bond acceptors (Lipinski definition) is 4. The van der Waals surface area contributed by atoms with E-state index in [1.165, 1.54) is 0 Å². The molecule has 5 nitrogen and oxygen atoms in total. The average molecular weight is 293 g/mol. The molecule has 0 saturated heterocycles. The smallest absolute Gasteiger partial charge is 0.218 e. The van der Waals surface area contributed by atoms with Gasteiger partial charge in [0.25, 0.3) is 0 Å². The molecule has 0 aliphatic carbocycles. The molecule has 0 atom stereocenters. The van der Waals surface area contributed by atoms with Crippen LogP contribution >= 0.6 is 15.9 Å². The lowest BCUT2D eigenvalue weighted by Gasteiger charge is -1.98. The minimum absolute atomic E-state index is 0.521. The van der Waals surface area contributed by atoms with Crippen molar-refractivity contribution in [2.24, 2.45) is 0 Å². The van der Waals surface area contributed by atoms with Gasteiger partial charge in [-0.2, -0.15) is 4.52 Å². The third kappa shape index (κ3) is 1.70. The zero-order chi connectivity index (χ0) is 12.0. The normalized spacial score (nSPS) is 11.2. The number of halogens is 1. The van der Waals surface area contributed by atoms with Crippen LogP contribution in [0.3, 0.4) is 0 Å². The summed E-state index contributed by atoms with van der Waals surface area (Å²) in [6, 6.07) is 7.38. The predicted octanol–water partition coefficient (Wildman–Crippen LogP) is 2.64. The van der Waals surface area contributed by atoms with Gasteiger partial charge in [-0.15, -0.1) is 5.10 Å². The van der Waals surface area contributed by atoms with Crippen LogP contribution in [0, 0.1) is 6.92 Å². The van der Waals surface area contributed by atoms with E-state index < -0.39 is 0 Å². The zero-order valence-corrected chi connectivity index (χ0v) is 10.6. The summed E-state index contributed by atoms with van der Waals surface area (Å²) in [6.07, 6.45) is 0. The van der Waals surface area contributed by atoms with Gasteiger partial charge in [-0.05, 0) is 52.7 Å². The van der Waals surface area contributed by atoms with Crippen LogP contribution in [-0.4, -0.2) is 14.6 Å². The van der Waals surface area contributed by atoms with Gasteiger partial charge < -0.3 is 10.2 Å². The van der Waals surface area contributed by atoms with E-state index in [0.717, 1.165) is 5.56 Å². The van der Waals surface area contributed by atoms with E-state index in [-0.39, 0.29) is 0 Å². The third-order valence-corrected chi connectivity index (χ3v) is 2.83. The predicted molar refractivity (Wildman–Crippen MR) is 67.5 cm³/mol. The molecule has 0 unspecified atom stereocenters. The molecule has 0 spiro atoms. The summed E-state index contributed by atoms with van der Waals surface area (Å²) in [4.78, 5) is 4.38. The Balaban J connectivity index is 2.23. The molecule has 6 heteroatoms. The van der Waals surface area contributed by atoms with Gasteiger partial charge in [-0.3, -0.25) is 0 Å². The van der Waals surface area contributed by atoms with E-state index in [4.69, 9.17) is 10.2 Å². The molecule has 2 N–H and O–H groups in total. The second-order valence-electron chi connectivity index (χ2n) is 3.77. The van der Waals surface area contributed by atoms with Crippen molar-refractivity contribution in [3.8, 4) is 11.6 Å². The van der Waals surface area contributed by atoms with Crippen LogP contribution in [0.4, 0.5) is 5.82 Å². The van der Waals surface area contributed by atoms with Gasteiger partial charge in [0.05, 0.1) is 0 Å². The molecule has 0 saturated carbocycles. The van der Waals surface area contributed by atoms with Crippen molar-refractivity contribution in [3.63, 3.8) is 0 Å². The Morgan fingerprint density at radius 2 is 2.18 bits per heavy atom. The molecular formula is C11H9BrN4O. The number of hydrogen-bond donors (Lipinski definition) is 1. The van der Waals surface area contributed by atoms with Gasteiger partial charge in [0.1, 0.15) is 5.82 Å². The van der Waals surface area contributed by atoms with E-state index in [9.17, 15) is 0 Å². The Bertz CT molecular complexity index is 701. The number of aryl methyl sites for hydroxylation is 1. The SMILES string of the molecule is Cc1cc(N)n2nc(-c3ccc(Br)o3)nc2c1. The van der Waals surface area contributed by atoms with Crippen LogP contribution in [-0.2, 0) is 0 Å². The second kappa shape index (κ2) is 3.59. The summed E-state index contributed by atoms with van der Waals surface area (Å²) >= 11 is 3.25. The molecule has 3 aromatic heterocycles. The van der Waals surface area contributed by atoms with E-state index >= 15 is 0 Å². The Morgan fingerprint density at radius 3 is 2.88 bits per heavy atom. The highest BCUT2D eigenvalue weighted by Crippen LogP contribution is 2.23. The Morgan fingerprint density at radius 1 is 1.35 bits per heavy atom. The van der Waals surface area contributed by atoms with Crippen LogP contribution in [0.1, 0.15) is 5.56 Å². The number of nitrogens with zero attached hydrogens (tertiary/aromatic N) is 3. The highest BCUT2D eigenvalue weighted by atomic mass is 79.9. The molecule has 3 aromatic rings. The zero-order valence-electron chi connectivity index (χ0n) is 9.01. The summed E-state index contributed by atoms with van der Waals surface area (Å²) in [5, 5.41) is 4.30. The van der Waals surface area contributed by atoms with Crippen LogP contribution < -0.4 is 5.73 Å². The first-order valence-electron chi connectivity index (χ1n) is 5.02. The Kier molecular flexibility index (Phi) is 2.19. The van der Waals surface area contributed by atoms with Gasteiger partial charge in [-0.1, -0.05) is 0 Å². The van der Waals surface area contributed by atoms with Crippen molar-refractivity contribution >= 4 is 27.4 Å². The first kappa shape index (κ1) is 10.3. The van der Waals surface area contributed by atoms with Crippen molar-refractivity contribution in [1.82, 2.24) is 14.6 Å². The first-order chi connectivity index (χ1) is 8.13. The molecule has 0 amide bonds.